The Morgan fingerprint density at radius 2 is 2.13 bits per heavy atom. The molecule has 0 radical (unpaired) electrons. The van der Waals surface area contributed by atoms with Gasteiger partial charge in [0, 0.05) is 24.2 Å². The molecule has 1 aromatic rings. The van der Waals surface area contributed by atoms with Gasteiger partial charge in [-0.25, -0.2) is 8.42 Å². The Labute approximate surface area is 135 Å². The highest BCUT2D eigenvalue weighted by Crippen LogP contribution is 2.25. The smallest absolute Gasteiger partial charge is 0.251 e. The van der Waals surface area contributed by atoms with E-state index < -0.39 is 15.4 Å². The Kier molecular flexibility index (Phi) is 3.91. The molecule has 0 aromatic heterocycles. The van der Waals surface area contributed by atoms with E-state index in [1.54, 1.807) is 30.0 Å². The van der Waals surface area contributed by atoms with Crippen molar-refractivity contribution in [3.8, 4) is 0 Å². The fourth-order valence-electron chi connectivity index (χ4n) is 3.19. The first-order chi connectivity index (χ1) is 10.8. The zero-order valence-corrected chi connectivity index (χ0v) is 13.9. The molecular formula is C16H20N2O4S. The van der Waals surface area contributed by atoms with Gasteiger partial charge in [-0.15, -0.1) is 0 Å². The molecule has 0 saturated carbocycles. The molecule has 6 nitrogen and oxygen atoms in total. The Morgan fingerprint density at radius 3 is 2.74 bits per heavy atom. The van der Waals surface area contributed by atoms with Gasteiger partial charge in [-0.2, -0.15) is 0 Å². The van der Waals surface area contributed by atoms with Crippen LogP contribution in [0.2, 0.25) is 0 Å². The molecule has 1 atom stereocenters. The van der Waals surface area contributed by atoms with Crippen molar-refractivity contribution in [2.75, 3.05) is 23.0 Å². The van der Waals surface area contributed by atoms with Crippen molar-refractivity contribution in [2.24, 2.45) is 0 Å². The molecule has 0 spiro atoms. The first-order valence-electron chi connectivity index (χ1n) is 7.71. The summed E-state index contributed by atoms with van der Waals surface area (Å²) in [7, 11) is -3.08. The van der Waals surface area contributed by atoms with Gasteiger partial charge >= 0.3 is 0 Å². The minimum atomic E-state index is -3.08. The molecule has 1 unspecified atom stereocenters. The van der Waals surface area contributed by atoms with Crippen molar-refractivity contribution in [3.63, 3.8) is 0 Å². The van der Waals surface area contributed by atoms with Crippen LogP contribution in [0.25, 0.3) is 0 Å². The number of amides is 2. The summed E-state index contributed by atoms with van der Waals surface area (Å²) in [5, 5.41) is 2.83. The normalized spacial score (nSPS) is 26.5. The van der Waals surface area contributed by atoms with Crippen LogP contribution in [-0.4, -0.2) is 43.8 Å². The molecule has 0 aliphatic carbocycles. The second-order valence-electron chi connectivity index (χ2n) is 6.56. The first kappa shape index (κ1) is 16.0. The third-order valence-corrected chi connectivity index (χ3v) is 6.32. The summed E-state index contributed by atoms with van der Waals surface area (Å²) in [5.74, 6) is -0.170. The third-order valence-electron chi connectivity index (χ3n) is 4.41. The van der Waals surface area contributed by atoms with E-state index in [1.807, 2.05) is 6.07 Å². The SMILES string of the molecule is CC1(NC(=O)c2cccc(N3CCCC3=O)c2)CCS(=O)(=O)C1. The van der Waals surface area contributed by atoms with Gasteiger partial charge in [0.05, 0.1) is 17.0 Å². The largest absolute Gasteiger partial charge is 0.346 e. The maximum absolute atomic E-state index is 12.5. The number of anilines is 1. The third kappa shape index (κ3) is 3.39. The van der Waals surface area contributed by atoms with Crippen molar-refractivity contribution in [1.29, 1.82) is 0 Å². The van der Waals surface area contributed by atoms with Crippen LogP contribution < -0.4 is 10.2 Å². The average molecular weight is 336 g/mol. The Morgan fingerprint density at radius 1 is 1.35 bits per heavy atom. The fraction of sp³-hybridized carbons (Fsp3) is 0.500. The molecule has 23 heavy (non-hydrogen) atoms. The number of hydrogen-bond acceptors (Lipinski definition) is 4. The lowest BCUT2D eigenvalue weighted by atomic mass is 10.0. The number of nitrogens with one attached hydrogen (secondary N) is 1. The van der Waals surface area contributed by atoms with Gasteiger partial charge in [0.25, 0.3) is 5.91 Å². The highest BCUT2D eigenvalue weighted by Gasteiger charge is 2.39. The van der Waals surface area contributed by atoms with Crippen molar-refractivity contribution >= 4 is 27.3 Å². The molecule has 2 fully saturated rings. The maximum atomic E-state index is 12.5. The highest BCUT2D eigenvalue weighted by molar-refractivity contribution is 7.91. The van der Waals surface area contributed by atoms with E-state index in [-0.39, 0.29) is 23.3 Å². The summed E-state index contributed by atoms with van der Waals surface area (Å²) < 4.78 is 23.3. The number of carbonyl (C=O) groups is 2. The monoisotopic (exact) mass is 336 g/mol. The van der Waals surface area contributed by atoms with Gasteiger partial charge in [-0.3, -0.25) is 9.59 Å². The molecule has 7 heteroatoms. The van der Waals surface area contributed by atoms with Crippen molar-refractivity contribution in [3.05, 3.63) is 29.8 Å². The van der Waals surface area contributed by atoms with Gasteiger partial charge in [-0.05, 0) is 38.0 Å². The molecule has 0 bridgehead atoms. The number of sulfone groups is 1. The standard InChI is InChI=1S/C16H20N2O4S/c1-16(7-9-23(21,22)11-16)17-15(20)12-4-2-5-13(10-12)18-8-3-6-14(18)19/h2,4-5,10H,3,6-9,11H2,1H3,(H,17,20). The van der Waals surface area contributed by atoms with Gasteiger partial charge in [-0.1, -0.05) is 6.07 Å². The second-order valence-corrected chi connectivity index (χ2v) is 8.74. The minimum absolute atomic E-state index is 0.0317. The van der Waals surface area contributed by atoms with Gasteiger partial charge in [0.2, 0.25) is 5.91 Å². The van der Waals surface area contributed by atoms with E-state index in [0.717, 1.165) is 6.42 Å². The molecule has 1 aromatic carbocycles. The van der Waals surface area contributed by atoms with Crippen molar-refractivity contribution in [2.45, 2.75) is 31.7 Å². The van der Waals surface area contributed by atoms with E-state index >= 15 is 0 Å². The van der Waals surface area contributed by atoms with Crippen LogP contribution in [0.15, 0.2) is 24.3 Å². The zero-order valence-electron chi connectivity index (χ0n) is 13.0. The summed E-state index contributed by atoms with van der Waals surface area (Å²) in [4.78, 5) is 26.0. The zero-order chi connectivity index (χ0) is 16.7. The van der Waals surface area contributed by atoms with E-state index in [1.165, 1.54) is 0 Å². The number of carbonyl (C=O) groups excluding carboxylic acids is 2. The molecule has 124 valence electrons. The second kappa shape index (κ2) is 5.63. The number of benzene rings is 1. The molecule has 2 heterocycles. The summed E-state index contributed by atoms with van der Waals surface area (Å²) in [5.41, 5.74) is 0.423. The molecule has 2 aliphatic rings. The molecule has 2 amide bonds. The summed E-state index contributed by atoms with van der Waals surface area (Å²) in [6.07, 6.45) is 1.78. The first-order valence-corrected chi connectivity index (χ1v) is 9.54. The van der Waals surface area contributed by atoms with Crippen LogP contribution in [0.1, 0.15) is 36.5 Å². The molecule has 1 N–H and O–H groups in total. The van der Waals surface area contributed by atoms with E-state index in [4.69, 9.17) is 0 Å². The molecule has 2 saturated heterocycles. The van der Waals surface area contributed by atoms with E-state index in [0.29, 0.717) is 30.6 Å². The molecule has 3 rings (SSSR count). The van der Waals surface area contributed by atoms with E-state index in [9.17, 15) is 18.0 Å². The number of nitrogens with zero attached hydrogens (tertiary/aromatic N) is 1. The van der Waals surface area contributed by atoms with Gasteiger partial charge in [0.15, 0.2) is 9.84 Å². The maximum Gasteiger partial charge on any atom is 0.251 e. The molecule has 2 aliphatic heterocycles. The van der Waals surface area contributed by atoms with Crippen LogP contribution in [0.4, 0.5) is 5.69 Å². The lowest BCUT2D eigenvalue weighted by Crippen LogP contribution is -2.46. The Bertz CT molecular complexity index is 759. The summed E-state index contributed by atoms with van der Waals surface area (Å²) in [6.45, 7) is 2.42. The van der Waals surface area contributed by atoms with Crippen molar-refractivity contribution in [1.82, 2.24) is 5.32 Å². The Balaban J connectivity index is 1.77. The lowest BCUT2D eigenvalue weighted by Gasteiger charge is -2.24. The van der Waals surface area contributed by atoms with Crippen LogP contribution >= 0.6 is 0 Å². The topological polar surface area (TPSA) is 83.6 Å². The van der Waals surface area contributed by atoms with Gasteiger partial charge in [0.1, 0.15) is 0 Å². The predicted molar refractivity (Wildman–Crippen MR) is 87.2 cm³/mol. The predicted octanol–water partition coefficient (Wildman–Crippen LogP) is 1.12. The summed E-state index contributed by atoms with van der Waals surface area (Å²) >= 11 is 0. The molecular weight excluding hydrogens is 316 g/mol. The van der Waals surface area contributed by atoms with Gasteiger partial charge < -0.3 is 10.2 Å². The van der Waals surface area contributed by atoms with Crippen molar-refractivity contribution < 1.29 is 18.0 Å². The Hall–Kier alpha value is -1.89. The lowest BCUT2D eigenvalue weighted by molar-refractivity contribution is -0.117. The van der Waals surface area contributed by atoms with Crippen LogP contribution in [-0.2, 0) is 14.6 Å². The van der Waals surface area contributed by atoms with E-state index in [2.05, 4.69) is 5.32 Å². The van der Waals surface area contributed by atoms with Crippen LogP contribution in [0.5, 0.6) is 0 Å². The van der Waals surface area contributed by atoms with Crippen LogP contribution in [0.3, 0.4) is 0 Å². The fourth-order valence-corrected chi connectivity index (χ4v) is 5.28. The number of hydrogen-bond donors (Lipinski definition) is 1. The minimum Gasteiger partial charge on any atom is -0.346 e. The average Bonchev–Trinajstić information content (AvgIpc) is 3.02. The quantitative estimate of drug-likeness (QED) is 0.896. The van der Waals surface area contributed by atoms with Crippen LogP contribution in [0, 0.1) is 0 Å². The highest BCUT2D eigenvalue weighted by atomic mass is 32.2. The number of rotatable bonds is 3. The summed E-state index contributed by atoms with van der Waals surface area (Å²) in [6, 6.07) is 6.91.